The molecule has 0 aliphatic heterocycles. The number of nitrogens with one attached hydrogen (secondary N) is 1. The van der Waals surface area contributed by atoms with E-state index in [1.54, 1.807) is 13.0 Å². The minimum absolute atomic E-state index is 0.0707. The number of nitrogens with zero attached hydrogens (tertiary/aromatic N) is 1. The zero-order chi connectivity index (χ0) is 14.4. The second kappa shape index (κ2) is 6.80. The number of furan rings is 1. The molecule has 0 spiro atoms. The van der Waals surface area contributed by atoms with Gasteiger partial charge in [0.1, 0.15) is 5.76 Å². The van der Waals surface area contributed by atoms with Crippen molar-refractivity contribution in [3.63, 3.8) is 0 Å². The molecule has 4 nitrogen and oxygen atoms in total. The van der Waals surface area contributed by atoms with Crippen molar-refractivity contribution in [2.75, 3.05) is 25.0 Å². The molecule has 2 aromatic rings. The predicted octanol–water partition coefficient (Wildman–Crippen LogP) is 2.84. The van der Waals surface area contributed by atoms with Gasteiger partial charge in [0.15, 0.2) is 0 Å². The highest BCUT2D eigenvalue weighted by Crippen LogP contribution is 2.11. The molecular formula is C16H20N2O2. The zero-order valence-corrected chi connectivity index (χ0v) is 11.9. The van der Waals surface area contributed by atoms with Crippen LogP contribution in [0.4, 0.5) is 5.69 Å². The summed E-state index contributed by atoms with van der Waals surface area (Å²) in [6, 6.07) is 11.9. The van der Waals surface area contributed by atoms with Crippen molar-refractivity contribution >= 4 is 11.6 Å². The van der Waals surface area contributed by atoms with Crippen LogP contribution in [0.3, 0.4) is 0 Å². The van der Waals surface area contributed by atoms with Crippen LogP contribution in [0.1, 0.15) is 22.5 Å². The van der Waals surface area contributed by atoms with E-state index in [2.05, 4.69) is 29.4 Å². The van der Waals surface area contributed by atoms with Crippen LogP contribution >= 0.6 is 0 Å². The van der Waals surface area contributed by atoms with Crippen molar-refractivity contribution in [1.82, 2.24) is 5.32 Å². The summed E-state index contributed by atoms with van der Waals surface area (Å²) < 4.78 is 5.12. The van der Waals surface area contributed by atoms with Gasteiger partial charge in [0.25, 0.3) is 5.91 Å². The first kappa shape index (κ1) is 14.2. The Morgan fingerprint density at radius 1 is 1.25 bits per heavy atom. The number of para-hydroxylation sites is 1. The maximum Gasteiger partial charge on any atom is 0.254 e. The van der Waals surface area contributed by atoms with E-state index in [9.17, 15) is 4.79 Å². The van der Waals surface area contributed by atoms with E-state index in [4.69, 9.17) is 4.42 Å². The van der Waals surface area contributed by atoms with Gasteiger partial charge in [-0.2, -0.15) is 0 Å². The summed E-state index contributed by atoms with van der Waals surface area (Å²) >= 11 is 0. The second-order valence-corrected chi connectivity index (χ2v) is 4.76. The zero-order valence-electron chi connectivity index (χ0n) is 11.9. The minimum Gasteiger partial charge on any atom is -0.469 e. The van der Waals surface area contributed by atoms with Gasteiger partial charge in [0, 0.05) is 25.8 Å². The molecule has 0 fully saturated rings. The van der Waals surface area contributed by atoms with Crippen LogP contribution in [-0.2, 0) is 0 Å². The Morgan fingerprint density at radius 2 is 2.00 bits per heavy atom. The van der Waals surface area contributed by atoms with Gasteiger partial charge in [0.2, 0.25) is 0 Å². The summed E-state index contributed by atoms with van der Waals surface area (Å²) in [5, 5.41) is 2.91. The van der Waals surface area contributed by atoms with Crippen LogP contribution in [0.15, 0.2) is 47.1 Å². The third-order valence-corrected chi connectivity index (χ3v) is 3.26. The minimum atomic E-state index is -0.0707. The molecule has 0 saturated heterocycles. The molecule has 1 N–H and O–H groups in total. The molecule has 1 aromatic heterocycles. The maximum atomic E-state index is 11.9. The molecule has 1 heterocycles. The fraction of sp³-hybridized carbons (Fsp3) is 0.312. The van der Waals surface area contributed by atoms with Gasteiger partial charge in [-0.05, 0) is 31.5 Å². The standard InChI is InChI=1S/C16H20N2O2/c1-13-15(9-12-20-13)16(19)17-10-6-11-18(2)14-7-4-3-5-8-14/h3-5,7-9,12H,6,10-11H2,1-2H3,(H,17,19). The molecule has 0 aliphatic carbocycles. The van der Waals surface area contributed by atoms with Gasteiger partial charge in [-0.3, -0.25) is 4.79 Å². The second-order valence-electron chi connectivity index (χ2n) is 4.76. The summed E-state index contributed by atoms with van der Waals surface area (Å²) in [6.45, 7) is 3.34. The Kier molecular flexibility index (Phi) is 4.82. The van der Waals surface area contributed by atoms with Crippen molar-refractivity contribution in [2.45, 2.75) is 13.3 Å². The highest BCUT2D eigenvalue weighted by atomic mass is 16.3. The lowest BCUT2D eigenvalue weighted by atomic mass is 10.2. The van der Waals surface area contributed by atoms with E-state index in [1.807, 2.05) is 18.2 Å². The highest BCUT2D eigenvalue weighted by molar-refractivity contribution is 5.94. The van der Waals surface area contributed by atoms with Gasteiger partial charge in [-0.15, -0.1) is 0 Å². The number of anilines is 1. The van der Waals surface area contributed by atoms with E-state index in [0.29, 0.717) is 17.9 Å². The molecule has 4 heteroatoms. The lowest BCUT2D eigenvalue weighted by Crippen LogP contribution is -2.28. The summed E-state index contributed by atoms with van der Waals surface area (Å²) in [5.74, 6) is 0.586. The monoisotopic (exact) mass is 272 g/mol. The Balaban J connectivity index is 1.72. The quantitative estimate of drug-likeness (QED) is 0.822. The molecule has 0 aliphatic rings. The van der Waals surface area contributed by atoms with Crippen LogP contribution in [0, 0.1) is 6.92 Å². The van der Waals surface area contributed by atoms with Crippen molar-refractivity contribution in [2.24, 2.45) is 0 Å². The SMILES string of the molecule is Cc1occc1C(=O)NCCCN(C)c1ccccc1. The smallest absolute Gasteiger partial charge is 0.254 e. The number of hydrogen-bond donors (Lipinski definition) is 1. The number of rotatable bonds is 6. The van der Waals surface area contributed by atoms with E-state index in [0.717, 1.165) is 13.0 Å². The van der Waals surface area contributed by atoms with Crippen molar-refractivity contribution in [3.8, 4) is 0 Å². The molecule has 2 rings (SSSR count). The van der Waals surface area contributed by atoms with Gasteiger partial charge < -0.3 is 14.6 Å². The number of carbonyl (C=O) groups is 1. The Labute approximate surface area is 119 Å². The molecule has 0 radical (unpaired) electrons. The first-order valence-corrected chi connectivity index (χ1v) is 6.77. The normalized spacial score (nSPS) is 10.3. The summed E-state index contributed by atoms with van der Waals surface area (Å²) in [6.07, 6.45) is 2.43. The van der Waals surface area contributed by atoms with E-state index < -0.39 is 0 Å². The average Bonchev–Trinajstić information content (AvgIpc) is 2.90. The summed E-state index contributed by atoms with van der Waals surface area (Å²) in [4.78, 5) is 14.0. The van der Waals surface area contributed by atoms with Gasteiger partial charge in [0.05, 0.1) is 11.8 Å². The number of carbonyl (C=O) groups excluding carboxylic acids is 1. The molecule has 0 bridgehead atoms. The van der Waals surface area contributed by atoms with E-state index in [-0.39, 0.29) is 5.91 Å². The number of benzene rings is 1. The molecule has 1 aromatic carbocycles. The van der Waals surface area contributed by atoms with Crippen LogP contribution < -0.4 is 10.2 Å². The van der Waals surface area contributed by atoms with Crippen LogP contribution in [0.2, 0.25) is 0 Å². The average molecular weight is 272 g/mol. The first-order chi connectivity index (χ1) is 9.68. The lowest BCUT2D eigenvalue weighted by Gasteiger charge is -2.19. The van der Waals surface area contributed by atoms with Gasteiger partial charge >= 0.3 is 0 Å². The molecular weight excluding hydrogens is 252 g/mol. The third kappa shape index (κ3) is 3.63. The summed E-state index contributed by atoms with van der Waals surface area (Å²) in [7, 11) is 2.05. The van der Waals surface area contributed by atoms with E-state index in [1.165, 1.54) is 12.0 Å². The first-order valence-electron chi connectivity index (χ1n) is 6.77. The van der Waals surface area contributed by atoms with Crippen LogP contribution in [0.25, 0.3) is 0 Å². The fourth-order valence-corrected chi connectivity index (χ4v) is 2.05. The molecule has 106 valence electrons. The molecule has 0 saturated carbocycles. The largest absolute Gasteiger partial charge is 0.469 e. The Morgan fingerprint density at radius 3 is 2.65 bits per heavy atom. The molecule has 20 heavy (non-hydrogen) atoms. The fourth-order valence-electron chi connectivity index (χ4n) is 2.05. The number of amides is 1. The number of aryl methyl sites for hydroxylation is 1. The number of hydrogen-bond acceptors (Lipinski definition) is 3. The molecule has 1 amide bonds. The molecule has 0 atom stereocenters. The third-order valence-electron chi connectivity index (χ3n) is 3.26. The van der Waals surface area contributed by atoms with Crippen molar-refractivity contribution < 1.29 is 9.21 Å². The van der Waals surface area contributed by atoms with Gasteiger partial charge in [-0.1, -0.05) is 18.2 Å². The van der Waals surface area contributed by atoms with Crippen molar-refractivity contribution in [3.05, 3.63) is 54.0 Å². The Hall–Kier alpha value is -2.23. The maximum absolute atomic E-state index is 11.9. The van der Waals surface area contributed by atoms with Crippen LogP contribution in [-0.4, -0.2) is 26.0 Å². The Bertz CT molecular complexity index is 549. The predicted molar refractivity (Wildman–Crippen MR) is 80.1 cm³/mol. The van der Waals surface area contributed by atoms with Gasteiger partial charge in [-0.25, -0.2) is 0 Å². The van der Waals surface area contributed by atoms with Crippen molar-refractivity contribution in [1.29, 1.82) is 0 Å². The summed E-state index contributed by atoms with van der Waals surface area (Å²) in [5.41, 5.74) is 1.80. The van der Waals surface area contributed by atoms with Crippen LogP contribution in [0.5, 0.6) is 0 Å². The molecule has 0 unspecified atom stereocenters. The topological polar surface area (TPSA) is 45.5 Å². The van der Waals surface area contributed by atoms with E-state index >= 15 is 0 Å². The lowest BCUT2D eigenvalue weighted by molar-refractivity contribution is 0.0952. The highest BCUT2D eigenvalue weighted by Gasteiger charge is 2.10.